The summed E-state index contributed by atoms with van der Waals surface area (Å²) >= 11 is 0. The van der Waals surface area contributed by atoms with E-state index in [2.05, 4.69) is 0 Å². The van der Waals surface area contributed by atoms with E-state index in [1.165, 1.54) is 18.2 Å². The van der Waals surface area contributed by atoms with E-state index in [1.807, 2.05) is 30.3 Å². The summed E-state index contributed by atoms with van der Waals surface area (Å²) in [7, 11) is 0. The van der Waals surface area contributed by atoms with Crippen LogP contribution in [0.4, 0.5) is 13.2 Å². The summed E-state index contributed by atoms with van der Waals surface area (Å²) in [5.74, 6) is -0.610. The SMILES string of the molecule is O=C(/C=C/c1cccc(C(F)(F)F)c1)OCc1ccccc1. The average molecular weight is 306 g/mol. The van der Waals surface area contributed by atoms with Gasteiger partial charge in [-0.05, 0) is 29.3 Å². The molecular weight excluding hydrogens is 293 g/mol. The molecule has 2 rings (SSSR count). The van der Waals surface area contributed by atoms with E-state index < -0.39 is 17.7 Å². The van der Waals surface area contributed by atoms with Crippen LogP contribution in [-0.4, -0.2) is 5.97 Å². The third-order valence-electron chi connectivity index (χ3n) is 2.85. The zero-order chi connectivity index (χ0) is 16.0. The molecule has 0 radical (unpaired) electrons. The summed E-state index contributed by atoms with van der Waals surface area (Å²) in [6.45, 7) is 0.118. The lowest BCUT2D eigenvalue weighted by Crippen LogP contribution is -2.04. The van der Waals surface area contributed by atoms with Crippen molar-refractivity contribution in [2.45, 2.75) is 12.8 Å². The zero-order valence-corrected chi connectivity index (χ0v) is 11.5. The monoisotopic (exact) mass is 306 g/mol. The molecule has 0 heterocycles. The van der Waals surface area contributed by atoms with Crippen LogP contribution in [0.25, 0.3) is 6.08 Å². The second kappa shape index (κ2) is 6.93. The largest absolute Gasteiger partial charge is 0.458 e. The van der Waals surface area contributed by atoms with E-state index in [9.17, 15) is 18.0 Å². The number of rotatable bonds is 4. The topological polar surface area (TPSA) is 26.3 Å². The lowest BCUT2D eigenvalue weighted by molar-refractivity contribution is -0.139. The van der Waals surface area contributed by atoms with Crippen LogP contribution >= 0.6 is 0 Å². The van der Waals surface area contributed by atoms with Gasteiger partial charge in [-0.3, -0.25) is 0 Å². The Morgan fingerprint density at radius 3 is 2.45 bits per heavy atom. The average Bonchev–Trinajstić information content (AvgIpc) is 2.51. The predicted octanol–water partition coefficient (Wildman–Crippen LogP) is 4.46. The lowest BCUT2D eigenvalue weighted by Gasteiger charge is -2.06. The summed E-state index contributed by atoms with van der Waals surface area (Å²) in [5, 5.41) is 0. The zero-order valence-electron chi connectivity index (χ0n) is 11.5. The molecule has 0 unspecified atom stereocenters. The fourth-order valence-electron chi connectivity index (χ4n) is 1.76. The molecule has 0 aliphatic rings. The molecule has 0 N–H and O–H groups in total. The van der Waals surface area contributed by atoms with Gasteiger partial charge in [0.1, 0.15) is 6.61 Å². The maximum atomic E-state index is 12.6. The smallest absolute Gasteiger partial charge is 0.416 e. The highest BCUT2D eigenvalue weighted by Gasteiger charge is 2.30. The van der Waals surface area contributed by atoms with E-state index in [0.717, 1.165) is 23.8 Å². The number of esters is 1. The molecule has 0 amide bonds. The molecule has 5 heteroatoms. The first-order chi connectivity index (χ1) is 10.4. The minimum Gasteiger partial charge on any atom is -0.458 e. The van der Waals surface area contributed by atoms with Crippen LogP contribution in [0.2, 0.25) is 0 Å². The van der Waals surface area contributed by atoms with Gasteiger partial charge in [-0.25, -0.2) is 4.79 Å². The minimum absolute atomic E-state index is 0.118. The Bertz CT molecular complexity index is 661. The molecule has 0 bridgehead atoms. The van der Waals surface area contributed by atoms with E-state index >= 15 is 0 Å². The molecule has 114 valence electrons. The normalized spacial score (nSPS) is 11.6. The highest BCUT2D eigenvalue weighted by molar-refractivity contribution is 5.87. The molecule has 22 heavy (non-hydrogen) atoms. The van der Waals surface area contributed by atoms with Crippen molar-refractivity contribution in [1.29, 1.82) is 0 Å². The van der Waals surface area contributed by atoms with Gasteiger partial charge in [-0.2, -0.15) is 13.2 Å². The Kier molecular flexibility index (Phi) is 4.99. The van der Waals surface area contributed by atoms with Crippen LogP contribution in [0.1, 0.15) is 16.7 Å². The van der Waals surface area contributed by atoms with Crippen LogP contribution < -0.4 is 0 Å². The minimum atomic E-state index is -4.41. The summed E-state index contributed by atoms with van der Waals surface area (Å²) in [6.07, 6.45) is -2.00. The van der Waals surface area contributed by atoms with E-state index in [1.54, 1.807) is 0 Å². The van der Waals surface area contributed by atoms with E-state index in [4.69, 9.17) is 4.74 Å². The fourth-order valence-corrected chi connectivity index (χ4v) is 1.76. The van der Waals surface area contributed by atoms with Crippen molar-refractivity contribution >= 4 is 12.0 Å². The summed E-state index contributed by atoms with van der Waals surface area (Å²) in [6, 6.07) is 13.8. The van der Waals surface area contributed by atoms with Gasteiger partial charge in [0.05, 0.1) is 5.56 Å². The first kappa shape index (κ1) is 15.8. The third kappa shape index (κ3) is 4.77. The second-order valence-electron chi connectivity index (χ2n) is 4.55. The van der Waals surface area contributed by atoms with Gasteiger partial charge in [-0.1, -0.05) is 42.5 Å². The first-order valence-corrected chi connectivity index (χ1v) is 6.51. The molecule has 0 saturated heterocycles. The number of benzene rings is 2. The molecule has 0 aliphatic heterocycles. The number of hydrogen-bond donors (Lipinski definition) is 0. The number of carbonyl (C=O) groups is 1. The van der Waals surface area contributed by atoms with Crippen molar-refractivity contribution in [2.75, 3.05) is 0 Å². The van der Waals surface area contributed by atoms with Crippen molar-refractivity contribution < 1.29 is 22.7 Å². The highest BCUT2D eigenvalue weighted by atomic mass is 19.4. The number of carbonyl (C=O) groups excluding carboxylic acids is 1. The van der Waals surface area contributed by atoms with Crippen LogP contribution in [-0.2, 0) is 22.3 Å². The standard InChI is InChI=1S/C17H13F3O2/c18-17(19,20)15-8-4-7-13(11-15)9-10-16(21)22-12-14-5-2-1-3-6-14/h1-11H,12H2/b10-9+. The Labute approximate surface area is 125 Å². The van der Waals surface area contributed by atoms with Crippen LogP contribution in [0.5, 0.6) is 0 Å². The highest BCUT2D eigenvalue weighted by Crippen LogP contribution is 2.29. The molecule has 2 nitrogen and oxygen atoms in total. The van der Waals surface area contributed by atoms with Crippen molar-refractivity contribution in [3.63, 3.8) is 0 Å². The van der Waals surface area contributed by atoms with Gasteiger partial charge in [-0.15, -0.1) is 0 Å². The lowest BCUT2D eigenvalue weighted by atomic mass is 10.1. The van der Waals surface area contributed by atoms with Gasteiger partial charge in [0, 0.05) is 6.08 Å². The molecule has 0 saturated carbocycles. The Hall–Kier alpha value is -2.56. The summed E-state index contributed by atoms with van der Waals surface area (Å²) in [5.41, 5.74) is 0.363. The maximum Gasteiger partial charge on any atom is 0.416 e. The van der Waals surface area contributed by atoms with Crippen molar-refractivity contribution in [1.82, 2.24) is 0 Å². The molecule has 0 spiro atoms. The van der Waals surface area contributed by atoms with Gasteiger partial charge >= 0.3 is 12.1 Å². The molecule has 2 aromatic rings. The molecule has 2 aromatic carbocycles. The second-order valence-corrected chi connectivity index (χ2v) is 4.55. The van der Waals surface area contributed by atoms with Gasteiger partial charge < -0.3 is 4.74 Å². The number of ether oxygens (including phenoxy) is 1. The Morgan fingerprint density at radius 1 is 1.05 bits per heavy atom. The third-order valence-corrected chi connectivity index (χ3v) is 2.85. The molecular formula is C17H13F3O2. The molecule has 0 aliphatic carbocycles. The quantitative estimate of drug-likeness (QED) is 0.615. The number of alkyl halides is 3. The number of hydrogen-bond acceptors (Lipinski definition) is 2. The molecule has 0 atom stereocenters. The fraction of sp³-hybridized carbons (Fsp3) is 0.118. The maximum absolute atomic E-state index is 12.6. The van der Waals surface area contributed by atoms with Crippen LogP contribution in [0, 0.1) is 0 Å². The first-order valence-electron chi connectivity index (χ1n) is 6.51. The Morgan fingerprint density at radius 2 is 1.77 bits per heavy atom. The molecule has 0 fully saturated rings. The van der Waals surface area contributed by atoms with Gasteiger partial charge in [0.2, 0.25) is 0 Å². The van der Waals surface area contributed by atoms with Crippen molar-refractivity contribution in [3.05, 3.63) is 77.4 Å². The summed E-state index contributed by atoms with van der Waals surface area (Å²) < 4.78 is 42.7. The number of halogens is 3. The van der Waals surface area contributed by atoms with Crippen molar-refractivity contribution in [2.24, 2.45) is 0 Å². The van der Waals surface area contributed by atoms with E-state index in [-0.39, 0.29) is 12.2 Å². The summed E-state index contributed by atoms with van der Waals surface area (Å²) in [4.78, 5) is 11.5. The van der Waals surface area contributed by atoms with Crippen LogP contribution in [0.15, 0.2) is 60.7 Å². The van der Waals surface area contributed by atoms with Gasteiger partial charge in [0.25, 0.3) is 0 Å². The molecule has 0 aromatic heterocycles. The van der Waals surface area contributed by atoms with Crippen molar-refractivity contribution in [3.8, 4) is 0 Å². The Balaban J connectivity index is 1.95. The van der Waals surface area contributed by atoms with Gasteiger partial charge in [0.15, 0.2) is 0 Å². The van der Waals surface area contributed by atoms with Crippen LogP contribution in [0.3, 0.4) is 0 Å². The van der Waals surface area contributed by atoms with E-state index in [0.29, 0.717) is 0 Å². The predicted molar refractivity (Wildman–Crippen MR) is 76.7 cm³/mol.